The Labute approximate surface area is 136 Å². The molecular weight excluding hydrogens is 264 g/mol. The molecule has 2 atom stereocenters. The first-order chi connectivity index (χ1) is 10.1. The standard InChI is InChI=1S/C22H32/c1-16(21(2,3)4)20(22(5,6)7)15-18-13-10-12-17-11-8-9-14-19(17)18/h8-14,16,20H,15H2,1-7H3/t16?,20-/m1/s1. The smallest absolute Gasteiger partial charge is 0.0152 e. The molecule has 0 heteroatoms. The van der Waals surface area contributed by atoms with Crippen molar-refractivity contribution in [3.05, 3.63) is 48.0 Å². The Morgan fingerprint density at radius 3 is 1.95 bits per heavy atom. The third-order valence-corrected chi connectivity index (χ3v) is 5.40. The Balaban J connectivity index is 2.42. The maximum absolute atomic E-state index is 2.43. The largest absolute Gasteiger partial charge is 0.0617 e. The van der Waals surface area contributed by atoms with Gasteiger partial charge in [0.15, 0.2) is 0 Å². The fraction of sp³-hybridized carbons (Fsp3) is 0.545. The number of hydrogen-bond acceptors (Lipinski definition) is 0. The van der Waals surface area contributed by atoms with Crippen molar-refractivity contribution in [2.24, 2.45) is 22.7 Å². The first-order valence-corrected chi connectivity index (χ1v) is 8.57. The first-order valence-electron chi connectivity index (χ1n) is 8.57. The maximum atomic E-state index is 2.43. The highest BCUT2D eigenvalue weighted by molar-refractivity contribution is 5.85. The van der Waals surface area contributed by atoms with Crippen LogP contribution in [-0.2, 0) is 6.42 Å². The van der Waals surface area contributed by atoms with Gasteiger partial charge >= 0.3 is 0 Å². The van der Waals surface area contributed by atoms with Crippen molar-refractivity contribution < 1.29 is 0 Å². The molecule has 0 aliphatic rings. The van der Waals surface area contributed by atoms with E-state index in [-0.39, 0.29) is 0 Å². The highest BCUT2D eigenvalue weighted by Crippen LogP contribution is 2.43. The lowest BCUT2D eigenvalue weighted by molar-refractivity contribution is 0.0849. The molecule has 0 saturated carbocycles. The van der Waals surface area contributed by atoms with Crippen LogP contribution in [0, 0.1) is 22.7 Å². The van der Waals surface area contributed by atoms with E-state index in [0.29, 0.717) is 22.7 Å². The molecule has 120 valence electrons. The average molecular weight is 296 g/mol. The number of fused-ring (bicyclic) bond motifs is 1. The van der Waals surface area contributed by atoms with Crippen molar-refractivity contribution in [3.8, 4) is 0 Å². The Hall–Kier alpha value is -1.30. The van der Waals surface area contributed by atoms with Crippen molar-refractivity contribution in [2.75, 3.05) is 0 Å². The lowest BCUT2D eigenvalue weighted by Gasteiger charge is -2.42. The van der Waals surface area contributed by atoms with Gasteiger partial charge in [0, 0.05) is 0 Å². The molecule has 0 aromatic heterocycles. The van der Waals surface area contributed by atoms with Gasteiger partial charge in [-0.25, -0.2) is 0 Å². The van der Waals surface area contributed by atoms with Gasteiger partial charge in [0.2, 0.25) is 0 Å². The van der Waals surface area contributed by atoms with Gasteiger partial charge in [-0.3, -0.25) is 0 Å². The van der Waals surface area contributed by atoms with Crippen LogP contribution in [0.2, 0.25) is 0 Å². The zero-order valence-corrected chi connectivity index (χ0v) is 15.4. The maximum Gasteiger partial charge on any atom is -0.0152 e. The topological polar surface area (TPSA) is 0 Å². The lowest BCUT2D eigenvalue weighted by Crippen LogP contribution is -2.35. The third kappa shape index (κ3) is 3.72. The van der Waals surface area contributed by atoms with Crippen LogP contribution in [0.3, 0.4) is 0 Å². The van der Waals surface area contributed by atoms with E-state index in [1.807, 2.05) is 0 Å². The summed E-state index contributed by atoms with van der Waals surface area (Å²) in [4.78, 5) is 0. The van der Waals surface area contributed by atoms with Crippen molar-refractivity contribution in [2.45, 2.75) is 54.9 Å². The summed E-state index contributed by atoms with van der Waals surface area (Å²) < 4.78 is 0. The summed E-state index contributed by atoms with van der Waals surface area (Å²) in [6.07, 6.45) is 1.16. The molecule has 0 radical (unpaired) electrons. The average Bonchev–Trinajstić information content (AvgIpc) is 2.42. The van der Waals surface area contributed by atoms with Crippen molar-refractivity contribution in [3.63, 3.8) is 0 Å². The monoisotopic (exact) mass is 296 g/mol. The fourth-order valence-electron chi connectivity index (χ4n) is 3.54. The summed E-state index contributed by atoms with van der Waals surface area (Å²) in [5.41, 5.74) is 2.14. The second-order valence-electron chi connectivity index (χ2n) is 8.97. The molecule has 0 amide bonds. The minimum Gasteiger partial charge on any atom is -0.0617 e. The number of hydrogen-bond donors (Lipinski definition) is 0. The van der Waals surface area contributed by atoms with Gasteiger partial charge in [0.25, 0.3) is 0 Å². The molecule has 0 spiro atoms. The van der Waals surface area contributed by atoms with E-state index in [4.69, 9.17) is 0 Å². The van der Waals surface area contributed by atoms with Gasteiger partial charge in [-0.1, -0.05) is 90.9 Å². The second kappa shape index (κ2) is 6.07. The van der Waals surface area contributed by atoms with Crippen LogP contribution < -0.4 is 0 Å². The molecule has 0 nitrogen and oxygen atoms in total. The Bertz CT molecular complexity index is 617. The van der Waals surface area contributed by atoms with E-state index in [1.165, 1.54) is 16.3 Å². The summed E-state index contributed by atoms with van der Waals surface area (Å²) in [5, 5.41) is 2.77. The van der Waals surface area contributed by atoms with Crippen LogP contribution in [0.1, 0.15) is 54.0 Å². The van der Waals surface area contributed by atoms with Crippen LogP contribution in [0.25, 0.3) is 10.8 Å². The summed E-state index contributed by atoms with van der Waals surface area (Å²) in [6, 6.07) is 15.5. The zero-order valence-electron chi connectivity index (χ0n) is 15.4. The Morgan fingerprint density at radius 1 is 0.773 bits per heavy atom. The highest BCUT2D eigenvalue weighted by Gasteiger charge is 2.35. The van der Waals surface area contributed by atoms with Crippen LogP contribution in [-0.4, -0.2) is 0 Å². The second-order valence-corrected chi connectivity index (χ2v) is 8.97. The number of benzene rings is 2. The molecule has 22 heavy (non-hydrogen) atoms. The molecule has 2 aromatic rings. The van der Waals surface area contributed by atoms with Gasteiger partial charge < -0.3 is 0 Å². The quantitative estimate of drug-likeness (QED) is 0.589. The van der Waals surface area contributed by atoms with E-state index >= 15 is 0 Å². The molecule has 0 aliphatic heterocycles. The molecule has 2 aromatic carbocycles. The van der Waals surface area contributed by atoms with E-state index < -0.39 is 0 Å². The van der Waals surface area contributed by atoms with Crippen LogP contribution in [0.4, 0.5) is 0 Å². The molecule has 2 rings (SSSR count). The van der Waals surface area contributed by atoms with E-state index in [1.54, 1.807) is 0 Å². The SMILES string of the molecule is CC([C@@H](Cc1cccc2ccccc12)C(C)(C)C)C(C)(C)C. The third-order valence-electron chi connectivity index (χ3n) is 5.40. The van der Waals surface area contributed by atoms with Crippen LogP contribution >= 0.6 is 0 Å². The molecule has 0 N–H and O–H groups in total. The van der Waals surface area contributed by atoms with Gasteiger partial charge in [0.1, 0.15) is 0 Å². The van der Waals surface area contributed by atoms with E-state index in [9.17, 15) is 0 Å². The Morgan fingerprint density at radius 2 is 1.36 bits per heavy atom. The van der Waals surface area contributed by atoms with Gasteiger partial charge in [0.05, 0.1) is 0 Å². The summed E-state index contributed by atoms with van der Waals surface area (Å²) >= 11 is 0. The molecule has 1 unspecified atom stereocenters. The molecular formula is C22H32. The minimum absolute atomic E-state index is 0.309. The molecule has 0 fully saturated rings. The molecule has 0 aliphatic carbocycles. The predicted octanol–water partition coefficient (Wildman–Crippen LogP) is 6.73. The fourth-order valence-corrected chi connectivity index (χ4v) is 3.54. The molecule has 0 saturated heterocycles. The minimum atomic E-state index is 0.309. The van der Waals surface area contributed by atoms with Crippen LogP contribution in [0.5, 0.6) is 0 Å². The van der Waals surface area contributed by atoms with Gasteiger partial charge in [-0.15, -0.1) is 0 Å². The van der Waals surface area contributed by atoms with E-state index in [2.05, 4.69) is 90.9 Å². The summed E-state index contributed by atoms with van der Waals surface area (Å²) in [7, 11) is 0. The summed E-state index contributed by atoms with van der Waals surface area (Å²) in [6.45, 7) is 16.7. The van der Waals surface area contributed by atoms with Crippen LogP contribution in [0.15, 0.2) is 42.5 Å². The van der Waals surface area contributed by atoms with Gasteiger partial charge in [-0.2, -0.15) is 0 Å². The normalized spacial score (nSPS) is 15.8. The highest BCUT2D eigenvalue weighted by atomic mass is 14.4. The van der Waals surface area contributed by atoms with Crippen molar-refractivity contribution in [1.82, 2.24) is 0 Å². The Kier molecular flexibility index (Phi) is 4.70. The van der Waals surface area contributed by atoms with Crippen molar-refractivity contribution >= 4 is 10.8 Å². The number of rotatable bonds is 3. The van der Waals surface area contributed by atoms with Crippen molar-refractivity contribution in [1.29, 1.82) is 0 Å². The predicted molar refractivity (Wildman–Crippen MR) is 99.2 cm³/mol. The zero-order chi connectivity index (χ0) is 16.5. The lowest BCUT2D eigenvalue weighted by atomic mass is 9.63. The molecule has 0 bridgehead atoms. The first kappa shape index (κ1) is 17.1. The van der Waals surface area contributed by atoms with Gasteiger partial charge in [-0.05, 0) is 45.4 Å². The van der Waals surface area contributed by atoms with E-state index in [0.717, 1.165) is 6.42 Å². The molecule has 0 heterocycles. The summed E-state index contributed by atoms with van der Waals surface area (Å²) in [5.74, 6) is 1.34.